The van der Waals surface area contributed by atoms with Crippen LogP contribution in [0.4, 0.5) is 10.1 Å². The van der Waals surface area contributed by atoms with Crippen molar-refractivity contribution < 1.29 is 18.4 Å². The molecule has 0 radical (unpaired) electrons. The molecule has 0 saturated heterocycles. The first-order valence-electron chi connectivity index (χ1n) is 9.18. The lowest BCUT2D eigenvalue weighted by atomic mass is 10.0. The second kappa shape index (κ2) is 7.43. The number of rotatable bonds is 4. The highest BCUT2D eigenvalue weighted by Crippen LogP contribution is 2.39. The van der Waals surface area contributed by atoms with E-state index in [-0.39, 0.29) is 24.2 Å². The second-order valence-electron chi connectivity index (χ2n) is 6.82. The van der Waals surface area contributed by atoms with E-state index < -0.39 is 6.17 Å². The van der Waals surface area contributed by atoms with Gasteiger partial charge in [0.25, 0.3) is 5.91 Å². The highest BCUT2D eigenvalue weighted by atomic mass is 19.1. The highest BCUT2D eigenvalue weighted by Gasteiger charge is 2.38. The number of para-hydroxylation sites is 1. The summed E-state index contributed by atoms with van der Waals surface area (Å²) in [5.74, 6) is 0.404. The Bertz CT molecular complexity index is 1060. The van der Waals surface area contributed by atoms with Crippen molar-refractivity contribution in [2.24, 2.45) is 0 Å². The molecule has 0 unspecified atom stereocenters. The predicted octanol–water partition coefficient (Wildman–Crippen LogP) is 3.42. The van der Waals surface area contributed by atoms with Crippen LogP contribution in [0.15, 0.2) is 65.1 Å². The Morgan fingerprint density at radius 2 is 1.83 bits per heavy atom. The molecule has 7 heteroatoms. The van der Waals surface area contributed by atoms with Crippen LogP contribution < -0.4 is 10.2 Å². The maximum absolute atomic E-state index is 13.2. The van der Waals surface area contributed by atoms with E-state index in [0.717, 1.165) is 5.56 Å². The number of carbonyl (C=O) groups excluding carboxylic acids is 2. The molecule has 0 spiro atoms. The normalized spacial score (nSPS) is 16.0. The molecule has 6 nitrogen and oxygen atoms in total. The summed E-state index contributed by atoms with van der Waals surface area (Å²) in [7, 11) is 3.25. The number of nitrogens with one attached hydrogen (secondary N) is 1. The molecule has 1 N–H and O–H groups in total. The van der Waals surface area contributed by atoms with E-state index in [1.165, 1.54) is 12.1 Å². The molecule has 0 saturated carbocycles. The van der Waals surface area contributed by atoms with Crippen molar-refractivity contribution in [3.63, 3.8) is 0 Å². The van der Waals surface area contributed by atoms with Gasteiger partial charge in [0, 0.05) is 19.7 Å². The van der Waals surface area contributed by atoms with Gasteiger partial charge in [-0.2, -0.15) is 0 Å². The minimum absolute atomic E-state index is 0.0579. The minimum Gasteiger partial charge on any atom is -0.457 e. The van der Waals surface area contributed by atoms with Crippen molar-refractivity contribution in [2.45, 2.75) is 6.17 Å². The number of halogens is 1. The van der Waals surface area contributed by atoms with Crippen LogP contribution in [0.5, 0.6) is 0 Å². The van der Waals surface area contributed by atoms with Crippen LogP contribution >= 0.6 is 0 Å². The zero-order chi connectivity index (χ0) is 20.5. The molecule has 2 amide bonds. The Hall–Kier alpha value is -3.61. The first kappa shape index (κ1) is 18.7. The lowest BCUT2D eigenvalue weighted by Crippen LogP contribution is -2.50. The zero-order valence-corrected chi connectivity index (χ0v) is 16.1. The van der Waals surface area contributed by atoms with Crippen LogP contribution in [0.1, 0.15) is 22.3 Å². The van der Waals surface area contributed by atoms with Gasteiger partial charge in [0.15, 0.2) is 6.17 Å². The van der Waals surface area contributed by atoms with Crippen molar-refractivity contribution in [3.8, 4) is 11.3 Å². The van der Waals surface area contributed by atoms with Gasteiger partial charge in [-0.15, -0.1) is 0 Å². The Balaban J connectivity index is 1.77. The van der Waals surface area contributed by atoms with Gasteiger partial charge in [-0.1, -0.05) is 12.1 Å². The lowest BCUT2D eigenvalue weighted by molar-refractivity contribution is -0.119. The summed E-state index contributed by atoms with van der Waals surface area (Å²) in [6, 6.07) is 16.7. The number of fused-ring (bicyclic) bond motifs is 1. The fourth-order valence-corrected chi connectivity index (χ4v) is 3.56. The van der Waals surface area contributed by atoms with Crippen LogP contribution in [0.2, 0.25) is 0 Å². The van der Waals surface area contributed by atoms with E-state index >= 15 is 0 Å². The van der Waals surface area contributed by atoms with Crippen LogP contribution in [-0.2, 0) is 4.79 Å². The minimum atomic E-state index is -0.594. The van der Waals surface area contributed by atoms with Gasteiger partial charge < -0.3 is 19.5 Å². The molecule has 29 heavy (non-hydrogen) atoms. The fourth-order valence-electron chi connectivity index (χ4n) is 3.56. The van der Waals surface area contributed by atoms with Crippen LogP contribution in [0, 0.1) is 5.82 Å². The average molecular weight is 393 g/mol. The Kier molecular flexibility index (Phi) is 4.80. The predicted molar refractivity (Wildman–Crippen MR) is 107 cm³/mol. The lowest BCUT2D eigenvalue weighted by Gasteiger charge is -2.42. The summed E-state index contributed by atoms with van der Waals surface area (Å²) in [5.41, 5.74) is 1.92. The van der Waals surface area contributed by atoms with Crippen LogP contribution in [0.25, 0.3) is 11.3 Å². The fraction of sp³-hybridized carbons (Fsp3) is 0.182. The van der Waals surface area contributed by atoms with Crippen molar-refractivity contribution in [3.05, 3.63) is 77.8 Å². The maximum atomic E-state index is 13.2. The summed E-state index contributed by atoms with van der Waals surface area (Å²) in [6.45, 7) is 0.0579. The molecule has 148 valence electrons. The van der Waals surface area contributed by atoms with Gasteiger partial charge in [-0.25, -0.2) is 4.39 Å². The van der Waals surface area contributed by atoms with E-state index in [2.05, 4.69) is 5.32 Å². The average Bonchev–Trinajstić information content (AvgIpc) is 3.22. The zero-order valence-electron chi connectivity index (χ0n) is 16.1. The molecule has 1 aliphatic rings. The molecule has 2 aromatic carbocycles. The van der Waals surface area contributed by atoms with E-state index in [1.54, 1.807) is 55.4 Å². The Labute approximate surface area is 167 Å². The third kappa shape index (κ3) is 3.35. The summed E-state index contributed by atoms with van der Waals surface area (Å²) >= 11 is 0. The number of amides is 2. The van der Waals surface area contributed by atoms with E-state index in [1.807, 2.05) is 17.0 Å². The maximum Gasteiger partial charge on any atom is 0.257 e. The number of furan rings is 1. The number of likely N-dealkylation sites (N-methyl/N-ethyl adjacent to an activating group) is 1. The number of benzene rings is 2. The summed E-state index contributed by atoms with van der Waals surface area (Å²) in [6.07, 6.45) is -0.594. The summed E-state index contributed by atoms with van der Waals surface area (Å²) in [5, 5.41) is 2.63. The quantitative estimate of drug-likeness (QED) is 0.738. The largest absolute Gasteiger partial charge is 0.457 e. The second-order valence-corrected chi connectivity index (χ2v) is 6.82. The van der Waals surface area contributed by atoms with Crippen LogP contribution in [0.3, 0.4) is 0 Å². The van der Waals surface area contributed by atoms with Crippen molar-refractivity contribution >= 4 is 17.5 Å². The number of anilines is 1. The molecular formula is C22H20FN3O3. The van der Waals surface area contributed by atoms with Crippen molar-refractivity contribution in [1.82, 2.24) is 10.2 Å². The van der Waals surface area contributed by atoms with Crippen LogP contribution in [-0.4, -0.2) is 37.4 Å². The van der Waals surface area contributed by atoms with E-state index in [0.29, 0.717) is 22.8 Å². The molecule has 1 aromatic heterocycles. The van der Waals surface area contributed by atoms with E-state index in [9.17, 15) is 14.0 Å². The third-order valence-electron chi connectivity index (χ3n) is 5.03. The molecule has 0 bridgehead atoms. The van der Waals surface area contributed by atoms with Crippen molar-refractivity contribution in [2.75, 3.05) is 25.5 Å². The molecule has 1 aliphatic heterocycles. The first-order valence-corrected chi connectivity index (χ1v) is 9.18. The summed E-state index contributed by atoms with van der Waals surface area (Å²) in [4.78, 5) is 28.5. The van der Waals surface area contributed by atoms with Crippen molar-refractivity contribution in [1.29, 1.82) is 0 Å². The monoisotopic (exact) mass is 393 g/mol. The molecule has 0 aliphatic carbocycles. The molecule has 0 fully saturated rings. The van der Waals surface area contributed by atoms with Gasteiger partial charge in [-0.05, 0) is 48.5 Å². The topological polar surface area (TPSA) is 65.8 Å². The smallest absolute Gasteiger partial charge is 0.257 e. The van der Waals surface area contributed by atoms with Gasteiger partial charge in [0.1, 0.15) is 17.3 Å². The molecule has 3 aromatic rings. The Morgan fingerprint density at radius 3 is 2.55 bits per heavy atom. The van der Waals surface area contributed by atoms with Gasteiger partial charge in [0.2, 0.25) is 5.91 Å². The molecule has 1 atom stereocenters. The highest BCUT2D eigenvalue weighted by molar-refractivity contribution is 6.02. The Morgan fingerprint density at radius 1 is 1.10 bits per heavy atom. The van der Waals surface area contributed by atoms with E-state index in [4.69, 9.17) is 4.42 Å². The molecular weight excluding hydrogens is 373 g/mol. The molecule has 2 heterocycles. The molecule has 4 rings (SSSR count). The van der Waals surface area contributed by atoms with Gasteiger partial charge in [-0.3, -0.25) is 9.59 Å². The van der Waals surface area contributed by atoms with Gasteiger partial charge >= 0.3 is 0 Å². The first-order chi connectivity index (χ1) is 14.0. The number of hydrogen-bond donors (Lipinski definition) is 1. The summed E-state index contributed by atoms with van der Waals surface area (Å²) < 4.78 is 19.3. The standard InChI is InChI=1S/C22H20FN3O3/c1-24-20(27)13-26-17-6-4-3-5-16(17)22(28)25(2)21(26)19-12-11-18(29-19)14-7-9-15(23)10-8-14/h3-12,21H,13H2,1-2H3,(H,24,27)/t21-/m0/s1. The number of carbonyl (C=O) groups is 2. The number of nitrogens with zero attached hydrogens (tertiary/aromatic N) is 2. The SMILES string of the molecule is CNC(=O)CN1c2ccccc2C(=O)N(C)[C@@H]1c1ccc(-c2ccc(F)cc2)o1. The van der Waals surface area contributed by atoms with Gasteiger partial charge in [0.05, 0.1) is 17.8 Å². The number of hydrogen-bond acceptors (Lipinski definition) is 4. The third-order valence-corrected chi connectivity index (χ3v) is 5.03.